The second kappa shape index (κ2) is 20.6. The van der Waals surface area contributed by atoms with Gasteiger partial charge >= 0.3 is 0 Å². The van der Waals surface area contributed by atoms with Crippen LogP contribution in [0.25, 0.3) is 61.9 Å². The molecular formula is C68H53N5. The van der Waals surface area contributed by atoms with E-state index in [1.807, 2.05) is 24.5 Å². The molecule has 73 heavy (non-hydrogen) atoms. The standard InChI is InChI=1S/C68H53N5/c1-6-16-50(17-7-1)52-26-34-59(35-27-52)71(63-42-44-65(69-48-63)54-20-10-3-11-21-54)61-38-30-56(31-39-61)67-46-47-68(73(67)58-24-14-5-15-25-58)57-32-40-62(41-33-57)72(60-36-28-53(29-37-60)51-18-8-2-9-19-51)64-43-45-66(70-49-64)55-22-12-4-13-23-55/h1-28,30-34,36,38-49,59H,29,35,37H2. The van der Waals surface area contributed by atoms with Gasteiger partial charge in [-0.1, -0.05) is 188 Å². The second-order valence-electron chi connectivity index (χ2n) is 18.5. The van der Waals surface area contributed by atoms with E-state index in [0.29, 0.717) is 0 Å². The van der Waals surface area contributed by atoms with Crippen molar-refractivity contribution in [2.45, 2.75) is 25.3 Å². The molecule has 0 radical (unpaired) electrons. The molecule has 7 aromatic carbocycles. The first kappa shape index (κ1) is 44.9. The second-order valence-corrected chi connectivity index (χ2v) is 18.5. The van der Waals surface area contributed by atoms with Gasteiger partial charge in [0, 0.05) is 33.9 Å². The summed E-state index contributed by atoms with van der Waals surface area (Å²) >= 11 is 0. The van der Waals surface area contributed by atoms with Crippen LogP contribution in [-0.2, 0) is 0 Å². The number of hydrogen-bond acceptors (Lipinski definition) is 4. The molecule has 3 heterocycles. The van der Waals surface area contributed by atoms with Gasteiger partial charge < -0.3 is 14.4 Å². The summed E-state index contributed by atoms with van der Waals surface area (Å²) in [7, 11) is 0. The molecule has 0 N–H and O–H groups in total. The van der Waals surface area contributed by atoms with E-state index < -0.39 is 0 Å². The van der Waals surface area contributed by atoms with Gasteiger partial charge in [-0.3, -0.25) is 9.97 Å². The molecule has 350 valence electrons. The van der Waals surface area contributed by atoms with Crippen LogP contribution in [0.3, 0.4) is 0 Å². The van der Waals surface area contributed by atoms with Gasteiger partial charge in [0.25, 0.3) is 0 Å². The van der Waals surface area contributed by atoms with E-state index in [2.05, 4.69) is 269 Å². The van der Waals surface area contributed by atoms with Gasteiger partial charge in [-0.25, -0.2) is 0 Å². The summed E-state index contributed by atoms with van der Waals surface area (Å²) in [6.45, 7) is 0. The Morgan fingerprint density at radius 1 is 0.397 bits per heavy atom. The summed E-state index contributed by atoms with van der Waals surface area (Å²) < 4.78 is 2.39. The molecule has 0 aliphatic heterocycles. The van der Waals surface area contributed by atoms with Gasteiger partial charge in [-0.05, 0) is 132 Å². The fourth-order valence-corrected chi connectivity index (χ4v) is 10.3. The summed E-state index contributed by atoms with van der Waals surface area (Å²) in [5.41, 5.74) is 20.3. The van der Waals surface area contributed by atoms with Crippen molar-refractivity contribution in [3.63, 3.8) is 0 Å². The number of para-hydroxylation sites is 1. The van der Waals surface area contributed by atoms with E-state index in [1.54, 1.807) is 0 Å². The van der Waals surface area contributed by atoms with Gasteiger partial charge in [-0.15, -0.1) is 0 Å². The normalized spacial score (nSPS) is 14.2. The summed E-state index contributed by atoms with van der Waals surface area (Å²) in [4.78, 5) is 14.7. The zero-order valence-corrected chi connectivity index (χ0v) is 40.5. The van der Waals surface area contributed by atoms with Crippen LogP contribution < -0.4 is 9.80 Å². The fourth-order valence-electron chi connectivity index (χ4n) is 10.3. The molecule has 0 amide bonds. The van der Waals surface area contributed by atoms with Crippen LogP contribution in [0, 0.1) is 0 Å². The van der Waals surface area contributed by atoms with Crippen molar-refractivity contribution < 1.29 is 0 Å². The molecule has 5 heteroatoms. The summed E-state index contributed by atoms with van der Waals surface area (Å²) in [6.07, 6.45) is 18.3. The molecule has 0 fully saturated rings. The van der Waals surface area contributed by atoms with E-state index in [-0.39, 0.29) is 6.04 Å². The quantitative estimate of drug-likeness (QED) is 0.115. The molecule has 1 atom stereocenters. The monoisotopic (exact) mass is 939 g/mol. The average Bonchev–Trinajstić information content (AvgIpc) is 3.93. The highest BCUT2D eigenvalue weighted by Gasteiger charge is 2.23. The van der Waals surface area contributed by atoms with Crippen LogP contribution in [0.4, 0.5) is 22.7 Å². The van der Waals surface area contributed by atoms with Gasteiger partial charge in [0.05, 0.1) is 52.6 Å². The first-order valence-electron chi connectivity index (χ1n) is 25.2. The van der Waals surface area contributed by atoms with Crippen molar-refractivity contribution in [2.24, 2.45) is 0 Å². The zero-order valence-electron chi connectivity index (χ0n) is 40.5. The van der Waals surface area contributed by atoms with E-state index in [0.717, 1.165) is 92.7 Å². The van der Waals surface area contributed by atoms with Crippen molar-refractivity contribution in [1.29, 1.82) is 0 Å². The molecule has 1 unspecified atom stereocenters. The Hall–Kier alpha value is -9.32. The Bertz CT molecular complexity index is 3580. The van der Waals surface area contributed by atoms with Crippen LogP contribution in [0.1, 0.15) is 30.4 Å². The number of benzene rings is 7. The molecule has 10 aromatic rings. The van der Waals surface area contributed by atoms with Gasteiger partial charge in [0.1, 0.15) is 0 Å². The highest BCUT2D eigenvalue weighted by molar-refractivity contribution is 5.80. The van der Waals surface area contributed by atoms with Crippen LogP contribution in [-0.4, -0.2) is 20.6 Å². The number of rotatable bonds is 13. The number of pyridine rings is 2. The lowest BCUT2D eigenvalue weighted by molar-refractivity contribution is 0.785. The molecule has 2 aliphatic rings. The number of hydrogen-bond donors (Lipinski definition) is 0. The Kier molecular flexibility index (Phi) is 12.6. The predicted molar refractivity (Wildman–Crippen MR) is 304 cm³/mol. The SMILES string of the molecule is C1=CC(N(c2ccc(-c3ccc(-c4ccc(N(C5=CC=C(c6ccccc6)CC5)c5ccc(-c6ccccc6)nc5)cc4)n3-c3ccccc3)cc2)c2ccc(-c3ccccc3)nc2)CC=C1c1ccccc1. The largest absolute Gasteiger partial charge is 0.333 e. The highest BCUT2D eigenvalue weighted by atomic mass is 15.2. The molecule has 5 nitrogen and oxygen atoms in total. The first-order valence-corrected chi connectivity index (χ1v) is 25.2. The van der Waals surface area contributed by atoms with E-state index in [1.165, 1.54) is 28.0 Å². The van der Waals surface area contributed by atoms with Crippen molar-refractivity contribution in [1.82, 2.24) is 14.5 Å². The maximum atomic E-state index is 4.98. The molecule has 2 aliphatic carbocycles. The molecule has 3 aromatic heterocycles. The number of nitrogens with zero attached hydrogens (tertiary/aromatic N) is 5. The predicted octanol–water partition coefficient (Wildman–Crippen LogP) is 17.4. The van der Waals surface area contributed by atoms with Crippen molar-refractivity contribution in [3.8, 4) is 50.7 Å². The van der Waals surface area contributed by atoms with Gasteiger partial charge in [0.2, 0.25) is 0 Å². The number of anilines is 4. The third-order valence-electron chi connectivity index (χ3n) is 14.0. The lowest BCUT2D eigenvalue weighted by Crippen LogP contribution is -2.30. The molecule has 0 saturated carbocycles. The third kappa shape index (κ3) is 9.52. The zero-order chi connectivity index (χ0) is 48.8. The first-order chi connectivity index (χ1) is 36.2. The van der Waals surface area contributed by atoms with Crippen LogP contribution in [0.5, 0.6) is 0 Å². The van der Waals surface area contributed by atoms with Crippen molar-refractivity contribution >= 4 is 33.9 Å². The van der Waals surface area contributed by atoms with Crippen LogP contribution in [0.2, 0.25) is 0 Å². The summed E-state index contributed by atoms with van der Waals surface area (Å²) in [5, 5.41) is 0. The Balaban J connectivity index is 0.877. The highest BCUT2D eigenvalue weighted by Crippen LogP contribution is 2.40. The van der Waals surface area contributed by atoms with Gasteiger partial charge in [0.15, 0.2) is 0 Å². The minimum Gasteiger partial charge on any atom is -0.333 e. The van der Waals surface area contributed by atoms with Crippen molar-refractivity contribution in [3.05, 3.63) is 296 Å². The van der Waals surface area contributed by atoms with Crippen LogP contribution in [0.15, 0.2) is 285 Å². The average molecular weight is 940 g/mol. The number of aromatic nitrogens is 3. The lowest BCUT2D eigenvalue weighted by Gasteiger charge is -2.33. The molecular weight excluding hydrogens is 887 g/mol. The smallest absolute Gasteiger partial charge is 0.0703 e. The van der Waals surface area contributed by atoms with E-state index in [9.17, 15) is 0 Å². The topological polar surface area (TPSA) is 37.2 Å². The maximum absolute atomic E-state index is 4.98. The molecule has 0 spiro atoms. The third-order valence-corrected chi connectivity index (χ3v) is 14.0. The lowest BCUT2D eigenvalue weighted by atomic mass is 9.95. The van der Waals surface area contributed by atoms with E-state index in [4.69, 9.17) is 9.97 Å². The van der Waals surface area contributed by atoms with E-state index >= 15 is 0 Å². The molecule has 12 rings (SSSR count). The molecule has 0 bridgehead atoms. The van der Waals surface area contributed by atoms with Gasteiger partial charge in [-0.2, -0.15) is 0 Å². The maximum Gasteiger partial charge on any atom is 0.0703 e. The fraction of sp³-hybridized carbons (Fsp3) is 0.0588. The summed E-state index contributed by atoms with van der Waals surface area (Å²) in [6, 6.07) is 84.1. The summed E-state index contributed by atoms with van der Waals surface area (Å²) in [5.74, 6) is 0. The Morgan fingerprint density at radius 2 is 0.890 bits per heavy atom. The van der Waals surface area contributed by atoms with Crippen LogP contribution >= 0.6 is 0 Å². The minimum atomic E-state index is 0.101. The Labute approximate surface area is 428 Å². The van der Waals surface area contributed by atoms with Crippen molar-refractivity contribution in [2.75, 3.05) is 9.80 Å². The minimum absolute atomic E-state index is 0.101. The Morgan fingerprint density at radius 3 is 1.38 bits per heavy atom. The number of allylic oxidation sites excluding steroid dienone is 6. The molecule has 0 saturated heterocycles.